The van der Waals surface area contributed by atoms with Crippen molar-refractivity contribution in [2.45, 2.75) is 25.9 Å². The number of carboxylic acid groups (broad SMARTS) is 1. The minimum absolute atomic E-state index is 0.0123. The van der Waals surface area contributed by atoms with Gasteiger partial charge in [-0.25, -0.2) is 8.42 Å². The molecule has 1 aromatic rings. The second-order valence-corrected chi connectivity index (χ2v) is 6.82. The Hall–Kier alpha value is -1.67. The molecule has 0 spiro atoms. The van der Waals surface area contributed by atoms with E-state index in [0.717, 1.165) is 6.42 Å². The van der Waals surface area contributed by atoms with Crippen molar-refractivity contribution in [3.05, 3.63) is 34.7 Å². The highest BCUT2D eigenvalue weighted by Crippen LogP contribution is 1.92. The number of aryl methyl sites for hydroxylation is 1. The molecule has 0 saturated heterocycles. The second-order valence-electron chi connectivity index (χ2n) is 4.64. The summed E-state index contributed by atoms with van der Waals surface area (Å²) in [6.07, 6.45) is 3.77. The van der Waals surface area contributed by atoms with Crippen molar-refractivity contribution in [3.8, 4) is 0 Å². The first-order valence-corrected chi connectivity index (χ1v) is 8.50. The van der Waals surface area contributed by atoms with Crippen LogP contribution in [0.4, 0.5) is 0 Å². The summed E-state index contributed by atoms with van der Waals surface area (Å²) >= 11 is 0. The summed E-state index contributed by atoms with van der Waals surface area (Å²) in [7, 11) is -2.94. The fraction of sp³-hybridized carbons (Fsp3) is 0.538. The number of sulfone groups is 1. The van der Waals surface area contributed by atoms with E-state index in [1.165, 1.54) is 12.3 Å². The lowest BCUT2D eigenvalue weighted by Crippen LogP contribution is -2.34. The van der Waals surface area contributed by atoms with Gasteiger partial charge in [-0.05, 0) is 26.0 Å². The third kappa shape index (κ3) is 10.7. The lowest BCUT2D eigenvalue weighted by Gasteiger charge is -2.12. The van der Waals surface area contributed by atoms with E-state index < -0.39 is 9.84 Å². The average molecular weight is 318 g/mol. The van der Waals surface area contributed by atoms with E-state index in [-0.39, 0.29) is 23.8 Å². The molecule has 1 aromatic heterocycles. The van der Waals surface area contributed by atoms with Crippen LogP contribution in [0.3, 0.4) is 0 Å². The summed E-state index contributed by atoms with van der Waals surface area (Å²) in [6, 6.07) is 5.00. The molecule has 1 rings (SSSR count). The van der Waals surface area contributed by atoms with E-state index in [9.17, 15) is 13.2 Å². The monoisotopic (exact) mass is 318 g/mol. The second kappa shape index (κ2) is 10.1. The molecule has 2 N–H and O–H groups in total. The maximum atomic E-state index is 11.4. The number of nitrogens with one attached hydrogen (secondary N) is 1. The molecular weight excluding hydrogens is 296 g/mol. The van der Waals surface area contributed by atoms with Gasteiger partial charge >= 0.3 is 0 Å². The third-order valence-corrected chi connectivity index (χ3v) is 3.63. The molecule has 0 aliphatic carbocycles. The maximum Gasteiger partial charge on any atom is 0.290 e. The van der Waals surface area contributed by atoms with E-state index in [2.05, 4.69) is 5.32 Å². The Kier molecular flexibility index (Phi) is 9.31. The van der Waals surface area contributed by atoms with E-state index in [0.29, 0.717) is 13.1 Å². The zero-order chi connectivity index (χ0) is 16.3. The van der Waals surface area contributed by atoms with Crippen LogP contribution in [0, 0.1) is 0 Å². The Labute approximate surface area is 124 Å². The van der Waals surface area contributed by atoms with E-state index in [1.807, 2.05) is 13.0 Å². The Morgan fingerprint density at radius 2 is 2.05 bits per heavy atom. The number of rotatable bonds is 7. The van der Waals surface area contributed by atoms with Crippen LogP contribution in [-0.4, -0.2) is 49.2 Å². The average Bonchev–Trinajstić information content (AvgIpc) is 2.35. The molecule has 0 amide bonds. The molecule has 0 aliphatic heterocycles. The summed E-state index contributed by atoms with van der Waals surface area (Å²) in [4.78, 5) is 19.8. The van der Waals surface area contributed by atoms with Crippen LogP contribution in [0.15, 0.2) is 29.2 Å². The van der Waals surface area contributed by atoms with Crippen LogP contribution < -0.4 is 10.9 Å². The normalized spacial score (nSPS) is 12.1. The van der Waals surface area contributed by atoms with Gasteiger partial charge in [-0.1, -0.05) is 6.07 Å². The number of carbonyl (C=O) groups is 1. The van der Waals surface area contributed by atoms with Gasteiger partial charge in [0.25, 0.3) is 6.47 Å². The van der Waals surface area contributed by atoms with Crippen molar-refractivity contribution in [2.75, 3.05) is 18.6 Å². The van der Waals surface area contributed by atoms with Crippen molar-refractivity contribution >= 4 is 16.3 Å². The molecule has 1 atom stereocenters. The highest BCUT2D eigenvalue weighted by molar-refractivity contribution is 7.90. The fourth-order valence-corrected chi connectivity index (χ4v) is 2.78. The van der Waals surface area contributed by atoms with E-state index in [1.54, 1.807) is 16.8 Å². The maximum absolute atomic E-state index is 11.4. The van der Waals surface area contributed by atoms with Crippen LogP contribution in [0.5, 0.6) is 0 Å². The molecule has 1 unspecified atom stereocenters. The lowest BCUT2D eigenvalue weighted by molar-refractivity contribution is -0.122. The highest BCUT2D eigenvalue weighted by atomic mass is 32.2. The molecule has 0 saturated carbocycles. The standard InChI is InChI=1S/C12H20N2O3S.CH2O2/c1-11(10-18(2,16)17)13-7-5-9-14-8-4-3-6-12(14)15;2-1-3/h3-4,6,8,11,13H,5,7,9-10H2,1-2H3;1H,(H,2,3). The van der Waals surface area contributed by atoms with Gasteiger partial charge in [-0.2, -0.15) is 0 Å². The molecular formula is C13H22N2O5S. The van der Waals surface area contributed by atoms with Gasteiger partial charge in [0.15, 0.2) is 0 Å². The Bertz CT molecular complexity index is 568. The Morgan fingerprint density at radius 3 is 2.57 bits per heavy atom. The molecule has 1 heterocycles. The first-order chi connectivity index (χ1) is 9.80. The number of nitrogens with zero attached hydrogens (tertiary/aromatic N) is 1. The van der Waals surface area contributed by atoms with Gasteiger partial charge in [0.2, 0.25) is 5.56 Å². The number of aromatic nitrogens is 1. The van der Waals surface area contributed by atoms with Crippen LogP contribution in [0.1, 0.15) is 13.3 Å². The number of pyridine rings is 1. The molecule has 21 heavy (non-hydrogen) atoms. The zero-order valence-electron chi connectivity index (χ0n) is 12.2. The fourth-order valence-electron chi connectivity index (χ4n) is 1.76. The quantitative estimate of drug-likeness (QED) is 0.540. The summed E-state index contributed by atoms with van der Waals surface area (Å²) in [6.45, 7) is 2.92. The number of hydrogen-bond acceptors (Lipinski definition) is 5. The minimum Gasteiger partial charge on any atom is -0.483 e. The first-order valence-electron chi connectivity index (χ1n) is 6.44. The van der Waals surface area contributed by atoms with Gasteiger partial charge in [-0.3, -0.25) is 9.59 Å². The van der Waals surface area contributed by atoms with Crippen molar-refractivity contribution in [1.29, 1.82) is 0 Å². The Morgan fingerprint density at radius 1 is 1.43 bits per heavy atom. The summed E-state index contributed by atoms with van der Waals surface area (Å²) in [5.74, 6) is 0.137. The topological polar surface area (TPSA) is 105 Å². The highest BCUT2D eigenvalue weighted by Gasteiger charge is 2.09. The van der Waals surface area contributed by atoms with Crippen LogP contribution >= 0.6 is 0 Å². The van der Waals surface area contributed by atoms with E-state index >= 15 is 0 Å². The van der Waals surface area contributed by atoms with Crippen LogP contribution in [0.25, 0.3) is 0 Å². The first kappa shape index (κ1) is 19.3. The van der Waals surface area contributed by atoms with Gasteiger partial charge in [0.05, 0.1) is 5.75 Å². The van der Waals surface area contributed by atoms with Gasteiger partial charge < -0.3 is 15.0 Å². The molecule has 0 aromatic carbocycles. The predicted molar refractivity (Wildman–Crippen MR) is 81.2 cm³/mol. The van der Waals surface area contributed by atoms with Crippen molar-refractivity contribution in [2.24, 2.45) is 0 Å². The molecule has 120 valence electrons. The molecule has 0 fully saturated rings. The molecule has 0 radical (unpaired) electrons. The van der Waals surface area contributed by atoms with Gasteiger partial charge in [-0.15, -0.1) is 0 Å². The number of hydrogen-bond donors (Lipinski definition) is 2. The van der Waals surface area contributed by atoms with Crippen LogP contribution in [0.2, 0.25) is 0 Å². The summed E-state index contributed by atoms with van der Waals surface area (Å²) in [5.41, 5.74) is -0.0123. The zero-order valence-corrected chi connectivity index (χ0v) is 13.0. The van der Waals surface area contributed by atoms with Crippen molar-refractivity contribution < 1.29 is 18.3 Å². The molecule has 0 aliphatic rings. The molecule has 7 nitrogen and oxygen atoms in total. The molecule has 8 heteroatoms. The third-order valence-electron chi connectivity index (χ3n) is 2.52. The van der Waals surface area contributed by atoms with Gasteiger partial charge in [0.1, 0.15) is 9.84 Å². The molecule has 0 bridgehead atoms. The smallest absolute Gasteiger partial charge is 0.290 e. The van der Waals surface area contributed by atoms with Crippen molar-refractivity contribution in [1.82, 2.24) is 9.88 Å². The summed E-state index contributed by atoms with van der Waals surface area (Å²) in [5, 5.41) is 10.0. The summed E-state index contributed by atoms with van der Waals surface area (Å²) < 4.78 is 23.8. The Balaban J connectivity index is 0.00000122. The minimum atomic E-state index is -2.94. The van der Waals surface area contributed by atoms with Crippen molar-refractivity contribution in [3.63, 3.8) is 0 Å². The van der Waals surface area contributed by atoms with Gasteiger partial charge in [0, 0.05) is 31.1 Å². The largest absolute Gasteiger partial charge is 0.483 e. The lowest BCUT2D eigenvalue weighted by atomic mass is 10.3. The van der Waals surface area contributed by atoms with Crippen LogP contribution in [-0.2, 0) is 21.2 Å². The SMILES string of the molecule is CC(CS(C)(=O)=O)NCCCn1ccccc1=O.O=CO. The predicted octanol–water partition coefficient (Wildman–Crippen LogP) is -0.0381. The van der Waals surface area contributed by atoms with E-state index in [4.69, 9.17) is 9.90 Å².